The van der Waals surface area contributed by atoms with Crippen molar-refractivity contribution in [2.24, 2.45) is 0 Å². The third-order valence-electron chi connectivity index (χ3n) is 4.75. The lowest BCUT2D eigenvalue weighted by atomic mass is 10.0. The average molecular weight is 367 g/mol. The first-order chi connectivity index (χ1) is 13.1. The quantitative estimate of drug-likeness (QED) is 0.649. The van der Waals surface area contributed by atoms with Gasteiger partial charge in [0.2, 0.25) is 0 Å². The Hall–Kier alpha value is -3.22. The van der Waals surface area contributed by atoms with Gasteiger partial charge in [0.25, 0.3) is 17.5 Å². The molecule has 2 aromatic carbocycles. The number of carbonyl (C=O) groups is 2. The van der Waals surface area contributed by atoms with Crippen molar-refractivity contribution in [1.29, 1.82) is 0 Å². The molecule has 0 spiro atoms. The van der Waals surface area contributed by atoms with E-state index in [0.29, 0.717) is 24.2 Å². The first kappa shape index (κ1) is 18.6. The number of hydrogen-bond acceptors (Lipinski definition) is 4. The lowest BCUT2D eigenvalue weighted by Gasteiger charge is -2.36. The van der Waals surface area contributed by atoms with E-state index in [2.05, 4.69) is 5.32 Å². The highest BCUT2D eigenvalue weighted by Gasteiger charge is 2.28. The van der Waals surface area contributed by atoms with Crippen LogP contribution in [0.15, 0.2) is 54.6 Å². The van der Waals surface area contributed by atoms with Crippen LogP contribution in [0.2, 0.25) is 0 Å². The standard InChI is InChI=1S/C20H21N3O4/c24-19(15-6-2-1-3-7-15)21-14-18-8-4-5-13-22(18)20(25)16-9-11-17(12-10-16)23(26)27/h1-3,6-7,9-12,18H,4-5,8,13-14H2,(H,21,24). The number of piperidine rings is 1. The van der Waals surface area contributed by atoms with E-state index in [1.54, 1.807) is 29.2 Å². The fourth-order valence-corrected chi connectivity index (χ4v) is 3.27. The van der Waals surface area contributed by atoms with Crippen molar-refractivity contribution in [2.75, 3.05) is 13.1 Å². The van der Waals surface area contributed by atoms with E-state index in [-0.39, 0.29) is 23.5 Å². The molecule has 1 aliphatic rings. The third-order valence-corrected chi connectivity index (χ3v) is 4.75. The largest absolute Gasteiger partial charge is 0.350 e. The van der Waals surface area contributed by atoms with E-state index in [1.807, 2.05) is 6.07 Å². The molecule has 1 aliphatic heterocycles. The molecule has 1 fully saturated rings. The number of carbonyl (C=O) groups excluding carboxylic acids is 2. The highest BCUT2D eigenvalue weighted by molar-refractivity contribution is 5.95. The van der Waals surface area contributed by atoms with E-state index < -0.39 is 4.92 Å². The molecule has 3 rings (SSSR count). The molecule has 0 bridgehead atoms. The van der Waals surface area contributed by atoms with E-state index in [0.717, 1.165) is 19.3 Å². The molecule has 1 unspecified atom stereocenters. The zero-order chi connectivity index (χ0) is 19.2. The first-order valence-electron chi connectivity index (χ1n) is 8.95. The monoisotopic (exact) mass is 367 g/mol. The fourth-order valence-electron chi connectivity index (χ4n) is 3.27. The molecule has 0 aromatic heterocycles. The van der Waals surface area contributed by atoms with Crippen molar-refractivity contribution in [1.82, 2.24) is 10.2 Å². The van der Waals surface area contributed by atoms with Crippen LogP contribution in [0.5, 0.6) is 0 Å². The zero-order valence-corrected chi connectivity index (χ0v) is 14.8. The summed E-state index contributed by atoms with van der Waals surface area (Å²) in [6.07, 6.45) is 2.71. The number of nitro groups is 1. The molecular formula is C20H21N3O4. The van der Waals surface area contributed by atoms with Gasteiger partial charge in [0.05, 0.1) is 4.92 Å². The maximum absolute atomic E-state index is 12.8. The third kappa shape index (κ3) is 4.49. The molecule has 140 valence electrons. The number of nitro benzene ring substituents is 1. The molecule has 1 atom stereocenters. The van der Waals surface area contributed by atoms with Crippen LogP contribution in [0.1, 0.15) is 40.0 Å². The van der Waals surface area contributed by atoms with E-state index in [1.165, 1.54) is 24.3 Å². The first-order valence-corrected chi connectivity index (χ1v) is 8.95. The molecule has 27 heavy (non-hydrogen) atoms. The van der Waals surface area contributed by atoms with Crippen LogP contribution in [0.4, 0.5) is 5.69 Å². The highest BCUT2D eigenvalue weighted by atomic mass is 16.6. The molecule has 0 aliphatic carbocycles. The summed E-state index contributed by atoms with van der Waals surface area (Å²) in [5.41, 5.74) is 0.959. The van der Waals surface area contributed by atoms with Gasteiger partial charge in [0.1, 0.15) is 0 Å². The number of hydrogen-bond donors (Lipinski definition) is 1. The van der Waals surface area contributed by atoms with Gasteiger partial charge >= 0.3 is 0 Å². The van der Waals surface area contributed by atoms with Crippen molar-refractivity contribution in [3.63, 3.8) is 0 Å². The number of nitrogens with zero attached hydrogens (tertiary/aromatic N) is 2. The number of non-ortho nitro benzene ring substituents is 1. The van der Waals surface area contributed by atoms with Crippen molar-refractivity contribution in [3.05, 3.63) is 75.8 Å². The minimum absolute atomic E-state index is 0.0446. The van der Waals surface area contributed by atoms with Crippen LogP contribution >= 0.6 is 0 Å². The Balaban J connectivity index is 1.66. The Morgan fingerprint density at radius 3 is 2.41 bits per heavy atom. The Labute approximate surface area is 157 Å². The summed E-state index contributed by atoms with van der Waals surface area (Å²) in [6, 6.07) is 14.5. The van der Waals surface area contributed by atoms with Crippen LogP contribution < -0.4 is 5.32 Å². The lowest BCUT2D eigenvalue weighted by molar-refractivity contribution is -0.384. The minimum atomic E-state index is -0.489. The summed E-state index contributed by atoms with van der Waals surface area (Å²) < 4.78 is 0. The molecule has 7 nitrogen and oxygen atoms in total. The molecule has 0 saturated carbocycles. The van der Waals surface area contributed by atoms with Gasteiger partial charge in [-0.25, -0.2) is 0 Å². The fraction of sp³-hybridized carbons (Fsp3) is 0.300. The van der Waals surface area contributed by atoms with Crippen molar-refractivity contribution in [2.45, 2.75) is 25.3 Å². The normalized spacial score (nSPS) is 16.6. The predicted octanol–water partition coefficient (Wildman–Crippen LogP) is 3.02. The SMILES string of the molecule is O=C(NCC1CCCCN1C(=O)c1ccc([N+](=O)[O-])cc1)c1ccccc1. The van der Waals surface area contributed by atoms with Gasteiger partial charge in [-0.1, -0.05) is 18.2 Å². The van der Waals surface area contributed by atoms with Gasteiger partial charge in [0.15, 0.2) is 0 Å². The maximum Gasteiger partial charge on any atom is 0.269 e. The number of likely N-dealkylation sites (tertiary alicyclic amines) is 1. The molecule has 7 heteroatoms. The van der Waals surface area contributed by atoms with Crippen molar-refractivity contribution < 1.29 is 14.5 Å². The second-order valence-corrected chi connectivity index (χ2v) is 6.53. The van der Waals surface area contributed by atoms with Crippen LogP contribution in [0.25, 0.3) is 0 Å². The van der Waals surface area contributed by atoms with Gasteiger partial charge in [0, 0.05) is 42.4 Å². The summed E-state index contributed by atoms with van der Waals surface area (Å²) in [6.45, 7) is 0.994. The van der Waals surface area contributed by atoms with Gasteiger partial charge in [-0.15, -0.1) is 0 Å². The van der Waals surface area contributed by atoms with Gasteiger partial charge < -0.3 is 10.2 Å². The molecule has 1 saturated heterocycles. The number of amides is 2. The minimum Gasteiger partial charge on any atom is -0.350 e. The van der Waals surface area contributed by atoms with Crippen LogP contribution in [0.3, 0.4) is 0 Å². The Kier molecular flexibility index (Phi) is 5.80. The predicted molar refractivity (Wildman–Crippen MR) is 101 cm³/mol. The number of rotatable bonds is 5. The van der Waals surface area contributed by atoms with Crippen LogP contribution in [0, 0.1) is 10.1 Å². The van der Waals surface area contributed by atoms with Crippen molar-refractivity contribution >= 4 is 17.5 Å². The van der Waals surface area contributed by atoms with E-state index >= 15 is 0 Å². The number of benzene rings is 2. The Bertz CT molecular complexity index is 821. The molecule has 1 heterocycles. The van der Waals surface area contributed by atoms with E-state index in [4.69, 9.17) is 0 Å². The second-order valence-electron chi connectivity index (χ2n) is 6.53. The maximum atomic E-state index is 12.8. The molecule has 2 amide bonds. The lowest BCUT2D eigenvalue weighted by Crippen LogP contribution is -2.49. The summed E-state index contributed by atoms with van der Waals surface area (Å²) in [5.74, 6) is -0.326. The highest BCUT2D eigenvalue weighted by Crippen LogP contribution is 2.21. The molecule has 0 radical (unpaired) electrons. The summed E-state index contributed by atoms with van der Waals surface area (Å²) in [5, 5.41) is 13.7. The summed E-state index contributed by atoms with van der Waals surface area (Å²) in [4.78, 5) is 37.1. The van der Waals surface area contributed by atoms with Gasteiger partial charge in [-0.3, -0.25) is 19.7 Å². The van der Waals surface area contributed by atoms with Gasteiger partial charge in [-0.2, -0.15) is 0 Å². The average Bonchev–Trinajstić information content (AvgIpc) is 2.72. The van der Waals surface area contributed by atoms with Crippen LogP contribution in [-0.2, 0) is 0 Å². The van der Waals surface area contributed by atoms with Crippen molar-refractivity contribution in [3.8, 4) is 0 Å². The molecule has 1 N–H and O–H groups in total. The summed E-state index contributed by atoms with van der Waals surface area (Å²) in [7, 11) is 0. The Morgan fingerprint density at radius 2 is 1.74 bits per heavy atom. The Morgan fingerprint density at radius 1 is 1.04 bits per heavy atom. The smallest absolute Gasteiger partial charge is 0.269 e. The zero-order valence-electron chi connectivity index (χ0n) is 14.8. The molecular weight excluding hydrogens is 346 g/mol. The van der Waals surface area contributed by atoms with E-state index in [9.17, 15) is 19.7 Å². The number of nitrogens with one attached hydrogen (secondary N) is 1. The molecule has 2 aromatic rings. The topological polar surface area (TPSA) is 92.6 Å². The van der Waals surface area contributed by atoms with Crippen LogP contribution in [-0.4, -0.2) is 40.8 Å². The second kappa shape index (κ2) is 8.44. The summed E-state index contributed by atoms with van der Waals surface area (Å²) >= 11 is 0. The van der Waals surface area contributed by atoms with Gasteiger partial charge in [-0.05, 0) is 43.5 Å².